The van der Waals surface area contributed by atoms with Gasteiger partial charge < -0.3 is 0 Å². The Bertz CT molecular complexity index is 776. The second kappa shape index (κ2) is 9.06. The number of hydrogen-bond donors (Lipinski definition) is 0. The summed E-state index contributed by atoms with van der Waals surface area (Å²) in [4.78, 5) is 0. The normalized spacial score (nSPS) is 19.8. The number of aryl methyl sites for hydroxylation is 1. The molecule has 1 aliphatic rings. The summed E-state index contributed by atoms with van der Waals surface area (Å²) >= 11 is 0. The first kappa shape index (κ1) is 20.8. The van der Waals surface area contributed by atoms with Gasteiger partial charge in [-0.2, -0.15) is 0 Å². The summed E-state index contributed by atoms with van der Waals surface area (Å²) in [6, 6.07) is 4.51. The van der Waals surface area contributed by atoms with Crippen LogP contribution in [0.1, 0.15) is 68.1 Å². The van der Waals surface area contributed by atoms with Crippen molar-refractivity contribution in [2.45, 2.75) is 64.2 Å². The van der Waals surface area contributed by atoms with E-state index in [9.17, 15) is 22.0 Å². The fourth-order valence-electron chi connectivity index (χ4n) is 4.31. The lowest BCUT2D eigenvalue weighted by Crippen LogP contribution is -2.14. The lowest BCUT2D eigenvalue weighted by atomic mass is 9.77. The third-order valence-corrected chi connectivity index (χ3v) is 5.89. The van der Waals surface area contributed by atoms with Crippen molar-refractivity contribution in [2.75, 3.05) is 0 Å². The van der Waals surface area contributed by atoms with E-state index in [1.54, 1.807) is 0 Å². The smallest absolute Gasteiger partial charge is 0.194 e. The Morgan fingerprint density at radius 1 is 0.750 bits per heavy atom. The van der Waals surface area contributed by atoms with Crippen molar-refractivity contribution in [3.05, 3.63) is 70.0 Å². The first-order chi connectivity index (χ1) is 13.4. The van der Waals surface area contributed by atoms with E-state index in [0.29, 0.717) is 11.5 Å². The van der Waals surface area contributed by atoms with Crippen molar-refractivity contribution < 1.29 is 22.0 Å². The Kier molecular flexibility index (Phi) is 6.73. The van der Waals surface area contributed by atoms with Gasteiger partial charge in [-0.3, -0.25) is 0 Å². The molecule has 28 heavy (non-hydrogen) atoms. The van der Waals surface area contributed by atoms with E-state index in [0.717, 1.165) is 44.2 Å². The molecule has 0 unspecified atom stereocenters. The zero-order valence-corrected chi connectivity index (χ0v) is 16.0. The molecule has 1 aliphatic carbocycles. The largest absolute Gasteiger partial charge is 0.207 e. The molecule has 2 aromatic carbocycles. The van der Waals surface area contributed by atoms with Gasteiger partial charge in [0.15, 0.2) is 17.5 Å². The second-order valence-corrected chi connectivity index (χ2v) is 7.84. The van der Waals surface area contributed by atoms with Crippen LogP contribution in [0.2, 0.25) is 0 Å². The minimum absolute atomic E-state index is 0.0173. The molecule has 0 heterocycles. The molecule has 0 N–H and O–H groups in total. The fraction of sp³-hybridized carbons (Fsp3) is 0.478. The summed E-state index contributed by atoms with van der Waals surface area (Å²) in [7, 11) is 0. The Labute approximate surface area is 162 Å². The zero-order chi connectivity index (χ0) is 20.3. The summed E-state index contributed by atoms with van der Waals surface area (Å²) in [5, 5.41) is 0. The molecular weight excluding hydrogens is 371 g/mol. The van der Waals surface area contributed by atoms with Crippen molar-refractivity contribution in [2.24, 2.45) is 5.92 Å². The highest BCUT2D eigenvalue weighted by Crippen LogP contribution is 2.38. The fourth-order valence-corrected chi connectivity index (χ4v) is 4.31. The third-order valence-electron chi connectivity index (χ3n) is 5.89. The first-order valence-electron chi connectivity index (χ1n) is 10.00. The molecule has 2 aromatic rings. The van der Waals surface area contributed by atoms with Crippen molar-refractivity contribution in [3.63, 3.8) is 0 Å². The van der Waals surface area contributed by atoms with Gasteiger partial charge in [-0.15, -0.1) is 0 Å². The Morgan fingerprint density at radius 2 is 1.32 bits per heavy atom. The molecule has 0 bridgehead atoms. The third kappa shape index (κ3) is 4.73. The SMILES string of the molecule is CCCC1CCC(c2cc(F)c(CCc3cc(F)c(F)c(F)c3)c(F)c2)CC1. The molecule has 0 radical (unpaired) electrons. The molecule has 0 atom stereocenters. The lowest BCUT2D eigenvalue weighted by Gasteiger charge is -2.29. The molecular formula is C23H25F5. The van der Waals surface area contributed by atoms with E-state index >= 15 is 0 Å². The Balaban J connectivity index is 1.69. The van der Waals surface area contributed by atoms with Crippen molar-refractivity contribution >= 4 is 0 Å². The van der Waals surface area contributed by atoms with Crippen LogP contribution in [0, 0.1) is 35.0 Å². The minimum atomic E-state index is -1.54. The molecule has 0 amide bonds. The molecule has 0 saturated heterocycles. The van der Waals surface area contributed by atoms with E-state index in [-0.39, 0.29) is 29.9 Å². The molecule has 0 aliphatic heterocycles. The van der Waals surface area contributed by atoms with Gasteiger partial charge in [0.05, 0.1) is 0 Å². The average Bonchev–Trinajstić information content (AvgIpc) is 2.66. The summed E-state index contributed by atoms with van der Waals surface area (Å²) in [6.07, 6.45) is 6.40. The molecule has 3 rings (SSSR count). The minimum Gasteiger partial charge on any atom is -0.207 e. The first-order valence-corrected chi connectivity index (χ1v) is 10.00. The summed E-state index contributed by atoms with van der Waals surface area (Å²) in [6.45, 7) is 2.17. The Hall–Kier alpha value is -1.91. The van der Waals surface area contributed by atoms with Crippen molar-refractivity contribution in [3.8, 4) is 0 Å². The molecule has 0 aromatic heterocycles. The van der Waals surface area contributed by atoms with Crippen LogP contribution in [0.3, 0.4) is 0 Å². The summed E-state index contributed by atoms with van der Waals surface area (Å²) < 4.78 is 68.7. The van der Waals surface area contributed by atoms with Gasteiger partial charge in [0.2, 0.25) is 0 Å². The monoisotopic (exact) mass is 396 g/mol. The van der Waals surface area contributed by atoms with Crippen LogP contribution >= 0.6 is 0 Å². The molecule has 5 heteroatoms. The van der Waals surface area contributed by atoms with E-state index in [1.165, 1.54) is 18.6 Å². The maximum absolute atomic E-state index is 14.5. The van der Waals surface area contributed by atoms with Gasteiger partial charge >= 0.3 is 0 Å². The molecule has 0 spiro atoms. The van der Waals surface area contributed by atoms with Gasteiger partial charge in [0, 0.05) is 5.56 Å². The summed E-state index contributed by atoms with van der Waals surface area (Å²) in [5.74, 6) is -4.52. The topological polar surface area (TPSA) is 0 Å². The van der Waals surface area contributed by atoms with Crippen LogP contribution in [-0.2, 0) is 12.8 Å². The molecule has 1 fully saturated rings. The van der Waals surface area contributed by atoms with E-state index in [2.05, 4.69) is 6.92 Å². The van der Waals surface area contributed by atoms with Crippen LogP contribution in [-0.4, -0.2) is 0 Å². The van der Waals surface area contributed by atoms with Crippen LogP contribution in [0.25, 0.3) is 0 Å². The van der Waals surface area contributed by atoms with Gasteiger partial charge in [0.25, 0.3) is 0 Å². The standard InChI is InChI=1S/C23H25F5/c1-2-3-14-4-7-16(8-5-14)17-12-19(24)18(20(25)13-17)9-6-15-10-21(26)23(28)22(27)11-15/h10-14,16H,2-9H2,1H3. The molecule has 0 nitrogen and oxygen atoms in total. The molecule has 152 valence electrons. The highest BCUT2D eigenvalue weighted by molar-refractivity contribution is 5.30. The average molecular weight is 396 g/mol. The van der Waals surface area contributed by atoms with Gasteiger partial charge in [0.1, 0.15) is 11.6 Å². The highest BCUT2D eigenvalue weighted by Gasteiger charge is 2.24. The van der Waals surface area contributed by atoms with Gasteiger partial charge in [-0.25, -0.2) is 22.0 Å². The van der Waals surface area contributed by atoms with E-state index < -0.39 is 29.1 Å². The second-order valence-electron chi connectivity index (χ2n) is 7.84. The van der Waals surface area contributed by atoms with Crippen LogP contribution < -0.4 is 0 Å². The van der Waals surface area contributed by atoms with Crippen LogP contribution in [0.15, 0.2) is 24.3 Å². The predicted molar refractivity (Wildman–Crippen MR) is 99.7 cm³/mol. The lowest BCUT2D eigenvalue weighted by molar-refractivity contribution is 0.307. The summed E-state index contributed by atoms with van der Waals surface area (Å²) in [5.41, 5.74) is 0.745. The van der Waals surface area contributed by atoms with Crippen LogP contribution in [0.5, 0.6) is 0 Å². The maximum atomic E-state index is 14.5. The van der Waals surface area contributed by atoms with Crippen molar-refractivity contribution in [1.29, 1.82) is 0 Å². The quantitative estimate of drug-likeness (QED) is 0.357. The highest BCUT2D eigenvalue weighted by atomic mass is 19.2. The zero-order valence-electron chi connectivity index (χ0n) is 16.0. The van der Waals surface area contributed by atoms with Gasteiger partial charge in [-0.05, 0) is 85.8 Å². The van der Waals surface area contributed by atoms with Gasteiger partial charge in [-0.1, -0.05) is 19.8 Å². The number of rotatable bonds is 6. The van der Waals surface area contributed by atoms with Crippen molar-refractivity contribution in [1.82, 2.24) is 0 Å². The maximum Gasteiger partial charge on any atom is 0.194 e. The number of benzene rings is 2. The predicted octanol–water partition coefficient (Wildman–Crippen LogP) is 7.24. The molecule has 1 saturated carbocycles. The Morgan fingerprint density at radius 3 is 1.86 bits per heavy atom. The number of hydrogen-bond acceptors (Lipinski definition) is 0. The van der Waals surface area contributed by atoms with Crippen LogP contribution in [0.4, 0.5) is 22.0 Å². The van der Waals surface area contributed by atoms with E-state index in [1.807, 2.05) is 0 Å². The van der Waals surface area contributed by atoms with E-state index in [4.69, 9.17) is 0 Å². The number of halogens is 5.